The minimum Gasteiger partial charge on any atom is -0.508 e. The highest BCUT2D eigenvalue weighted by Crippen LogP contribution is 2.62. The van der Waals surface area contributed by atoms with Gasteiger partial charge in [0.25, 0.3) is 0 Å². The van der Waals surface area contributed by atoms with Gasteiger partial charge in [-0.25, -0.2) is 0 Å². The average Bonchev–Trinajstić information content (AvgIpc) is 3.42. The van der Waals surface area contributed by atoms with Crippen LogP contribution in [0.15, 0.2) is 24.3 Å². The van der Waals surface area contributed by atoms with Crippen molar-refractivity contribution in [2.45, 2.75) is 69.4 Å². The molecule has 4 aliphatic rings. The largest absolute Gasteiger partial charge is 0.508 e. The van der Waals surface area contributed by atoms with E-state index in [1.165, 1.54) is 29.5 Å². The van der Waals surface area contributed by atoms with Gasteiger partial charge in [-0.1, -0.05) is 25.1 Å². The number of phenols is 1. The number of rotatable bonds is 2. The quantitative estimate of drug-likeness (QED) is 0.797. The lowest BCUT2D eigenvalue weighted by atomic mass is 9.45. The number of allylic oxidation sites excluding steroid dienone is 1. The first-order valence-electron chi connectivity index (χ1n) is 10.3. The predicted octanol–water partition coefficient (Wildman–Crippen LogP) is 3.70. The maximum Gasteiger partial charge on any atom is 0.118 e. The number of hydrogen-bond donors (Lipinski definition) is 2. The summed E-state index contributed by atoms with van der Waals surface area (Å²) in [7, 11) is 0. The van der Waals surface area contributed by atoms with Gasteiger partial charge in [0.2, 0.25) is 0 Å². The Kier molecular flexibility index (Phi) is 3.47. The van der Waals surface area contributed by atoms with Crippen LogP contribution in [0.5, 0.6) is 5.75 Å². The number of piperidine rings is 1. The van der Waals surface area contributed by atoms with Gasteiger partial charge < -0.3 is 10.2 Å². The molecule has 2 N–H and O–H groups in total. The summed E-state index contributed by atoms with van der Waals surface area (Å²) >= 11 is 0. The lowest BCUT2D eigenvalue weighted by molar-refractivity contribution is -0.173. The van der Waals surface area contributed by atoms with Crippen molar-refractivity contribution in [2.75, 3.05) is 13.1 Å². The molecule has 3 heteroatoms. The molecule has 3 nitrogen and oxygen atoms in total. The smallest absolute Gasteiger partial charge is 0.118 e. The Morgan fingerprint density at radius 1 is 1.27 bits per heavy atom. The third-order valence-electron chi connectivity index (χ3n) is 8.31. The van der Waals surface area contributed by atoms with Crippen molar-refractivity contribution in [3.05, 3.63) is 41.0 Å². The summed E-state index contributed by atoms with van der Waals surface area (Å²) in [6, 6.07) is 4.15. The van der Waals surface area contributed by atoms with Crippen LogP contribution in [0.2, 0.25) is 0 Å². The molecule has 2 bridgehead atoms. The van der Waals surface area contributed by atoms with E-state index in [4.69, 9.17) is 0 Å². The van der Waals surface area contributed by atoms with E-state index >= 15 is 0 Å². The number of hydrogen-bond acceptors (Lipinski definition) is 3. The molecule has 5 rings (SSSR count). The zero-order valence-corrected chi connectivity index (χ0v) is 16.1. The van der Waals surface area contributed by atoms with E-state index in [0.717, 1.165) is 50.3 Å². The minimum atomic E-state index is -0.716. The predicted molar refractivity (Wildman–Crippen MR) is 103 cm³/mol. The number of aliphatic hydroxyl groups is 1. The van der Waals surface area contributed by atoms with Gasteiger partial charge in [-0.3, -0.25) is 4.90 Å². The number of likely N-dealkylation sites (tertiary alicyclic amines) is 1. The maximum absolute atomic E-state index is 12.3. The molecule has 4 atom stereocenters. The van der Waals surface area contributed by atoms with Crippen LogP contribution in [0.4, 0.5) is 0 Å². The molecular formula is C23H31NO2. The molecule has 0 radical (unpaired) electrons. The fourth-order valence-electron chi connectivity index (χ4n) is 6.65. The van der Waals surface area contributed by atoms with Gasteiger partial charge in [0.05, 0.1) is 5.60 Å². The van der Waals surface area contributed by atoms with Gasteiger partial charge in [0.15, 0.2) is 0 Å². The summed E-state index contributed by atoms with van der Waals surface area (Å²) in [5, 5.41) is 22.7. The van der Waals surface area contributed by atoms with Gasteiger partial charge in [0, 0.05) is 18.0 Å². The zero-order chi connectivity index (χ0) is 18.3. The van der Waals surface area contributed by atoms with Crippen molar-refractivity contribution in [3.63, 3.8) is 0 Å². The fourth-order valence-corrected chi connectivity index (χ4v) is 6.65. The van der Waals surface area contributed by atoms with Gasteiger partial charge in [-0.2, -0.15) is 0 Å². The van der Waals surface area contributed by atoms with Crippen LogP contribution in [0.1, 0.15) is 55.7 Å². The van der Waals surface area contributed by atoms with Gasteiger partial charge in [-0.15, -0.1) is 0 Å². The highest BCUT2D eigenvalue weighted by Gasteiger charge is 2.66. The Morgan fingerprint density at radius 3 is 2.77 bits per heavy atom. The normalized spacial score (nSPS) is 39.4. The molecule has 1 saturated heterocycles. The van der Waals surface area contributed by atoms with Crippen molar-refractivity contribution >= 4 is 0 Å². The van der Waals surface area contributed by atoms with Crippen LogP contribution in [0.25, 0.3) is 0 Å². The van der Waals surface area contributed by atoms with Crippen molar-refractivity contribution in [3.8, 4) is 5.75 Å². The summed E-state index contributed by atoms with van der Waals surface area (Å²) in [6.45, 7) is 10.9. The summed E-state index contributed by atoms with van der Waals surface area (Å²) in [5.74, 6) is 1.44. The second kappa shape index (κ2) is 5.36. The van der Waals surface area contributed by atoms with Crippen LogP contribution in [0, 0.1) is 18.8 Å². The molecule has 2 saturated carbocycles. The Bertz CT molecular complexity index is 783. The Labute approximate surface area is 156 Å². The fraction of sp³-hybridized carbons (Fsp3) is 0.652. The molecular weight excluding hydrogens is 322 g/mol. The topological polar surface area (TPSA) is 43.7 Å². The van der Waals surface area contributed by atoms with E-state index < -0.39 is 5.60 Å². The van der Waals surface area contributed by atoms with Crippen LogP contribution in [-0.4, -0.2) is 39.8 Å². The Hall–Kier alpha value is -1.32. The van der Waals surface area contributed by atoms with Crippen molar-refractivity contribution in [1.29, 1.82) is 0 Å². The van der Waals surface area contributed by atoms with Crippen molar-refractivity contribution in [2.24, 2.45) is 11.8 Å². The van der Waals surface area contributed by atoms with E-state index in [1.54, 1.807) is 0 Å². The highest BCUT2D eigenvalue weighted by molar-refractivity contribution is 5.55. The van der Waals surface area contributed by atoms with Crippen molar-refractivity contribution in [1.82, 2.24) is 4.90 Å². The molecule has 0 spiro atoms. The van der Waals surface area contributed by atoms with E-state index in [2.05, 4.69) is 24.5 Å². The molecule has 1 aromatic carbocycles. The first kappa shape index (κ1) is 16.8. The molecule has 3 fully saturated rings. The zero-order valence-electron chi connectivity index (χ0n) is 16.1. The Balaban J connectivity index is 1.72. The summed E-state index contributed by atoms with van der Waals surface area (Å²) < 4.78 is 0. The Morgan fingerprint density at radius 2 is 2.04 bits per heavy atom. The molecule has 140 valence electrons. The molecule has 26 heavy (non-hydrogen) atoms. The summed E-state index contributed by atoms with van der Waals surface area (Å²) in [6.07, 6.45) is 6.29. The lowest BCUT2D eigenvalue weighted by Gasteiger charge is -2.66. The molecule has 0 amide bonds. The number of benzene rings is 1. The molecule has 1 heterocycles. The highest BCUT2D eigenvalue weighted by atomic mass is 16.3. The lowest BCUT2D eigenvalue weighted by Crippen LogP contribution is -2.74. The molecule has 0 aromatic heterocycles. The van der Waals surface area contributed by atoms with Gasteiger partial charge in [0.1, 0.15) is 5.75 Å². The molecule has 1 aromatic rings. The maximum atomic E-state index is 12.3. The summed E-state index contributed by atoms with van der Waals surface area (Å²) in [5.41, 5.74) is 3.78. The first-order chi connectivity index (χ1) is 12.4. The minimum absolute atomic E-state index is 0.198. The average molecular weight is 354 g/mol. The molecule has 0 unspecified atom stereocenters. The van der Waals surface area contributed by atoms with E-state index in [9.17, 15) is 10.2 Å². The molecule has 3 aliphatic carbocycles. The van der Waals surface area contributed by atoms with Crippen LogP contribution >= 0.6 is 0 Å². The van der Waals surface area contributed by atoms with E-state index in [0.29, 0.717) is 5.75 Å². The third-order valence-corrected chi connectivity index (χ3v) is 8.31. The second-order valence-electron chi connectivity index (χ2n) is 9.43. The second-order valence-corrected chi connectivity index (χ2v) is 9.43. The summed E-state index contributed by atoms with van der Waals surface area (Å²) in [4.78, 5) is 2.60. The standard InChI is InChI=1S/C23H31NO2/c1-14-8-9-23(26)20-12-18-6-7-19(25)15(2)21(18)22(23,16(14)3)10-11-24(20)13-17-4-5-17/h6-7,16-17,20,25-26H,1,4-5,8-13H2,2-3H3/t16-,20+,22+,23+/m0/s1. The first-order valence-corrected chi connectivity index (χ1v) is 10.3. The van der Waals surface area contributed by atoms with Crippen LogP contribution < -0.4 is 0 Å². The number of phenolic OH excluding ortho intramolecular Hbond substituents is 1. The van der Waals surface area contributed by atoms with Crippen molar-refractivity contribution < 1.29 is 10.2 Å². The monoisotopic (exact) mass is 353 g/mol. The third kappa shape index (κ3) is 1.96. The number of fused-ring (bicyclic) bond motifs is 1. The SMILES string of the molecule is C=C1CC[C@@]2(O)[C@H]3Cc4ccc(O)c(C)c4[C@@]2(CCN3CC2CC2)[C@H]1C. The van der Waals surface area contributed by atoms with E-state index in [-0.39, 0.29) is 17.4 Å². The van der Waals surface area contributed by atoms with E-state index in [1.807, 2.05) is 13.0 Å². The van der Waals surface area contributed by atoms with Crippen LogP contribution in [-0.2, 0) is 11.8 Å². The number of aromatic hydroxyl groups is 1. The van der Waals surface area contributed by atoms with Gasteiger partial charge >= 0.3 is 0 Å². The molecule has 1 aliphatic heterocycles. The number of nitrogens with zero attached hydrogens (tertiary/aromatic N) is 1. The van der Waals surface area contributed by atoms with Gasteiger partial charge in [-0.05, 0) is 86.6 Å². The van der Waals surface area contributed by atoms with Crippen LogP contribution in [0.3, 0.4) is 0 Å².